The first-order valence-corrected chi connectivity index (χ1v) is 6.00. The molecule has 0 aliphatic carbocycles. The largest absolute Gasteiger partial charge is 0.383 e. The van der Waals surface area contributed by atoms with E-state index in [2.05, 4.69) is 15.5 Å². The van der Waals surface area contributed by atoms with E-state index in [1.807, 2.05) is 0 Å². The highest BCUT2D eigenvalue weighted by molar-refractivity contribution is 5.62. The predicted molar refractivity (Wildman–Crippen MR) is 67.5 cm³/mol. The monoisotopic (exact) mass is 285 g/mol. The molecule has 4 nitrogen and oxygen atoms in total. The number of nitrogens with one attached hydrogen (secondary N) is 2. The maximum absolute atomic E-state index is 13.2. The second-order valence-electron chi connectivity index (χ2n) is 4.19. The van der Waals surface area contributed by atoms with Gasteiger partial charge >= 0.3 is 0 Å². The Labute approximate surface area is 114 Å². The maximum Gasteiger partial charge on any atom is 0.194 e. The Balaban J connectivity index is 2.19. The molecule has 0 spiro atoms. The van der Waals surface area contributed by atoms with E-state index in [1.54, 1.807) is 13.3 Å². The van der Waals surface area contributed by atoms with Crippen LogP contribution in [0.3, 0.4) is 0 Å². The van der Waals surface area contributed by atoms with Crippen molar-refractivity contribution in [3.8, 4) is 11.3 Å². The molecule has 0 unspecified atom stereocenters. The molecule has 0 aliphatic heterocycles. The zero-order chi connectivity index (χ0) is 14.5. The van der Waals surface area contributed by atoms with E-state index in [-0.39, 0.29) is 5.56 Å². The number of hydrogen-bond donors (Lipinski definition) is 2. The first kappa shape index (κ1) is 14.5. The summed E-state index contributed by atoms with van der Waals surface area (Å²) in [4.78, 5) is 0. The van der Waals surface area contributed by atoms with Crippen LogP contribution in [0.25, 0.3) is 11.3 Å². The van der Waals surface area contributed by atoms with Crippen molar-refractivity contribution in [2.45, 2.75) is 6.54 Å². The fourth-order valence-electron chi connectivity index (χ4n) is 1.79. The summed E-state index contributed by atoms with van der Waals surface area (Å²) >= 11 is 0. The zero-order valence-electron chi connectivity index (χ0n) is 10.8. The minimum atomic E-state index is -1.48. The highest BCUT2D eigenvalue weighted by Gasteiger charge is 2.14. The van der Waals surface area contributed by atoms with Gasteiger partial charge in [-0.05, 0) is 12.1 Å². The summed E-state index contributed by atoms with van der Waals surface area (Å²) in [5, 5.41) is 9.60. The van der Waals surface area contributed by atoms with Gasteiger partial charge in [0, 0.05) is 31.3 Å². The van der Waals surface area contributed by atoms with Gasteiger partial charge in [0.1, 0.15) is 0 Å². The number of H-pyrrole nitrogens is 1. The van der Waals surface area contributed by atoms with Gasteiger partial charge in [-0.1, -0.05) is 0 Å². The molecule has 0 atom stereocenters. The summed E-state index contributed by atoms with van der Waals surface area (Å²) in [7, 11) is 1.59. The normalized spacial score (nSPS) is 11.0. The number of hydrogen-bond acceptors (Lipinski definition) is 3. The van der Waals surface area contributed by atoms with Crippen LogP contribution >= 0.6 is 0 Å². The van der Waals surface area contributed by atoms with E-state index in [0.29, 0.717) is 25.4 Å². The molecule has 1 aromatic heterocycles. The number of ether oxygens (including phenoxy) is 1. The van der Waals surface area contributed by atoms with Crippen LogP contribution in [0.1, 0.15) is 5.56 Å². The number of aromatic amines is 1. The van der Waals surface area contributed by atoms with Gasteiger partial charge in [0.15, 0.2) is 17.5 Å². The van der Waals surface area contributed by atoms with Gasteiger partial charge in [-0.25, -0.2) is 13.2 Å². The lowest BCUT2D eigenvalue weighted by Gasteiger charge is -2.06. The molecule has 0 saturated carbocycles. The van der Waals surface area contributed by atoms with Crippen molar-refractivity contribution >= 4 is 0 Å². The van der Waals surface area contributed by atoms with Gasteiger partial charge in [-0.2, -0.15) is 5.10 Å². The topological polar surface area (TPSA) is 49.9 Å². The third-order valence-electron chi connectivity index (χ3n) is 2.79. The van der Waals surface area contributed by atoms with Gasteiger partial charge in [0.2, 0.25) is 0 Å². The number of benzene rings is 1. The van der Waals surface area contributed by atoms with Gasteiger partial charge < -0.3 is 10.1 Å². The average Bonchev–Trinajstić information content (AvgIpc) is 2.89. The highest BCUT2D eigenvalue weighted by atomic mass is 19.2. The molecule has 1 aromatic carbocycles. The summed E-state index contributed by atoms with van der Waals surface area (Å²) in [5.74, 6) is -3.94. The molecule has 20 heavy (non-hydrogen) atoms. The molecular formula is C13H14F3N3O. The van der Waals surface area contributed by atoms with E-state index in [4.69, 9.17) is 4.74 Å². The van der Waals surface area contributed by atoms with Crippen LogP contribution in [0.4, 0.5) is 13.2 Å². The van der Waals surface area contributed by atoms with E-state index < -0.39 is 17.5 Å². The Morgan fingerprint density at radius 3 is 2.60 bits per heavy atom. The third-order valence-corrected chi connectivity index (χ3v) is 2.79. The van der Waals surface area contributed by atoms with Crippen LogP contribution in [-0.4, -0.2) is 30.5 Å². The molecule has 2 rings (SSSR count). The van der Waals surface area contributed by atoms with Crippen molar-refractivity contribution in [3.05, 3.63) is 41.3 Å². The average molecular weight is 285 g/mol. The molecule has 0 saturated heterocycles. The second-order valence-corrected chi connectivity index (χ2v) is 4.19. The van der Waals surface area contributed by atoms with Gasteiger partial charge in [-0.3, -0.25) is 5.10 Å². The second kappa shape index (κ2) is 6.53. The summed E-state index contributed by atoms with van der Waals surface area (Å²) in [6, 6.07) is 1.87. The molecule has 0 radical (unpaired) electrons. The molecule has 7 heteroatoms. The van der Waals surface area contributed by atoms with Gasteiger partial charge in [0.05, 0.1) is 18.5 Å². The lowest BCUT2D eigenvalue weighted by molar-refractivity contribution is 0.199. The minimum absolute atomic E-state index is 0.211. The molecule has 1 heterocycles. The minimum Gasteiger partial charge on any atom is -0.383 e. The quantitative estimate of drug-likeness (QED) is 0.632. The third kappa shape index (κ3) is 3.17. The van der Waals surface area contributed by atoms with E-state index in [9.17, 15) is 13.2 Å². The zero-order valence-corrected chi connectivity index (χ0v) is 10.8. The fourth-order valence-corrected chi connectivity index (χ4v) is 1.79. The maximum atomic E-state index is 13.2. The van der Waals surface area contributed by atoms with Crippen molar-refractivity contribution < 1.29 is 17.9 Å². The Morgan fingerprint density at radius 1 is 1.25 bits per heavy atom. The van der Waals surface area contributed by atoms with E-state index >= 15 is 0 Å². The fraction of sp³-hybridized carbons (Fsp3) is 0.308. The van der Waals surface area contributed by atoms with Gasteiger partial charge in [-0.15, -0.1) is 0 Å². The number of aromatic nitrogens is 2. The molecule has 0 amide bonds. The SMILES string of the molecule is COCCNCc1cn[nH]c1-c1cc(F)c(F)c(F)c1. The Hall–Kier alpha value is -1.86. The Kier molecular flexibility index (Phi) is 4.75. The summed E-state index contributed by atoms with van der Waals surface area (Å²) in [5.41, 5.74) is 1.39. The van der Waals surface area contributed by atoms with Crippen LogP contribution in [0.15, 0.2) is 18.3 Å². The predicted octanol–water partition coefficient (Wildman–Crippen LogP) is 2.23. The number of nitrogens with zero attached hydrogens (tertiary/aromatic N) is 1. The number of rotatable bonds is 6. The van der Waals surface area contributed by atoms with Crippen LogP contribution in [0, 0.1) is 17.5 Å². The summed E-state index contributed by atoms with van der Waals surface area (Å²) in [6.45, 7) is 1.63. The molecule has 0 fully saturated rings. The molecule has 0 aliphatic rings. The van der Waals surface area contributed by atoms with Crippen LogP contribution in [-0.2, 0) is 11.3 Å². The van der Waals surface area contributed by atoms with Gasteiger partial charge in [0.25, 0.3) is 0 Å². The van der Waals surface area contributed by atoms with Crippen molar-refractivity contribution in [1.29, 1.82) is 0 Å². The molecule has 0 bridgehead atoms. The Morgan fingerprint density at radius 2 is 1.95 bits per heavy atom. The molecular weight excluding hydrogens is 271 g/mol. The standard InChI is InChI=1S/C13H14F3N3O/c1-20-3-2-17-6-9-7-18-19-13(9)8-4-10(14)12(16)11(15)5-8/h4-5,7,17H,2-3,6H2,1H3,(H,18,19). The van der Waals surface area contributed by atoms with E-state index in [0.717, 1.165) is 17.7 Å². The van der Waals surface area contributed by atoms with Crippen LogP contribution in [0.5, 0.6) is 0 Å². The molecule has 2 N–H and O–H groups in total. The Bertz CT molecular complexity index is 563. The number of methoxy groups -OCH3 is 1. The lowest BCUT2D eigenvalue weighted by atomic mass is 10.1. The van der Waals surface area contributed by atoms with Crippen LogP contribution in [0.2, 0.25) is 0 Å². The first-order valence-electron chi connectivity index (χ1n) is 6.00. The number of halogens is 3. The molecule has 2 aromatic rings. The molecule has 108 valence electrons. The smallest absolute Gasteiger partial charge is 0.194 e. The van der Waals surface area contributed by atoms with E-state index in [1.165, 1.54) is 0 Å². The van der Waals surface area contributed by atoms with Crippen molar-refractivity contribution in [1.82, 2.24) is 15.5 Å². The first-order chi connectivity index (χ1) is 9.63. The van der Waals surface area contributed by atoms with Crippen LogP contribution < -0.4 is 5.32 Å². The highest BCUT2D eigenvalue weighted by Crippen LogP contribution is 2.24. The summed E-state index contributed by atoms with van der Waals surface area (Å²) in [6.07, 6.45) is 1.55. The van der Waals surface area contributed by atoms with Crippen molar-refractivity contribution in [2.24, 2.45) is 0 Å². The summed E-state index contributed by atoms with van der Waals surface area (Å²) < 4.78 is 44.3. The van der Waals surface area contributed by atoms with Crippen molar-refractivity contribution in [3.63, 3.8) is 0 Å². The van der Waals surface area contributed by atoms with Crippen molar-refractivity contribution in [2.75, 3.05) is 20.3 Å². The lowest BCUT2D eigenvalue weighted by Crippen LogP contribution is -2.18.